The third-order valence-electron chi connectivity index (χ3n) is 5.44. The lowest BCUT2D eigenvalue weighted by Gasteiger charge is -2.34. The van der Waals surface area contributed by atoms with E-state index in [2.05, 4.69) is 15.4 Å². The van der Waals surface area contributed by atoms with E-state index >= 15 is 0 Å². The van der Waals surface area contributed by atoms with Crippen molar-refractivity contribution in [1.82, 2.24) is 25.2 Å². The van der Waals surface area contributed by atoms with Gasteiger partial charge in [0, 0.05) is 45.3 Å². The number of hydrogen-bond donors (Lipinski definition) is 1. The van der Waals surface area contributed by atoms with Gasteiger partial charge < -0.3 is 14.7 Å². The van der Waals surface area contributed by atoms with Crippen LogP contribution >= 0.6 is 0 Å². The van der Waals surface area contributed by atoms with Crippen LogP contribution in [0.2, 0.25) is 0 Å². The van der Waals surface area contributed by atoms with Gasteiger partial charge in [0.15, 0.2) is 5.69 Å². The van der Waals surface area contributed by atoms with Crippen LogP contribution in [-0.2, 0) is 4.79 Å². The molecule has 4 amide bonds. The fourth-order valence-electron chi connectivity index (χ4n) is 3.74. The normalized spacial score (nSPS) is 16.5. The summed E-state index contributed by atoms with van der Waals surface area (Å²) in [5.41, 5.74) is 0.966. The van der Waals surface area contributed by atoms with Gasteiger partial charge in [0.05, 0.1) is 11.1 Å². The number of benzene rings is 1. The molecule has 0 bridgehead atoms. The number of nitrogens with zero attached hydrogens (tertiary/aromatic N) is 4. The minimum atomic E-state index is -0.446. The number of carbonyl (C=O) groups is 4. The van der Waals surface area contributed by atoms with Crippen LogP contribution in [-0.4, -0.2) is 89.3 Å². The SMILES string of the molecule is Cc1cc(C(=O)N2CCN(CCNC(=O)CN3C(=O)c4ccccc4C3=O)CC2)no1. The summed E-state index contributed by atoms with van der Waals surface area (Å²) in [7, 11) is 0. The summed E-state index contributed by atoms with van der Waals surface area (Å²) in [6, 6.07) is 8.17. The topological polar surface area (TPSA) is 116 Å². The van der Waals surface area contributed by atoms with E-state index in [0.29, 0.717) is 61.8 Å². The first kappa shape index (κ1) is 20.7. The number of carbonyl (C=O) groups excluding carboxylic acids is 4. The van der Waals surface area contributed by atoms with E-state index in [-0.39, 0.29) is 18.4 Å². The number of piperazine rings is 1. The molecule has 2 aliphatic rings. The number of aromatic nitrogens is 1. The van der Waals surface area contributed by atoms with E-state index in [0.717, 1.165) is 4.90 Å². The predicted octanol–water partition coefficient (Wildman–Crippen LogP) is 0.153. The van der Waals surface area contributed by atoms with Crippen molar-refractivity contribution in [2.45, 2.75) is 6.92 Å². The second-order valence-corrected chi connectivity index (χ2v) is 7.55. The highest BCUT2D eigenvalue weighted by Crippen LogP contribution is 2.21. The smallest absolute Gasteiger partial charge is 0.276 e. The monoisotopic (exact) mass is 425 g/mol. The number of amides is 4. The molecule has 0 saturated carbocycles. The van der Waals surface area contributed by atoms with Gasteiger partial charge >= 0.3 is 0 Å². The van der Waals surface area contributed by atoms with Crippen LogP contribution < -0.4 is 5.32 Å². The van der Waals surface area contributed by atoms with E-state index in [9.17, 15) is 19.2 Å². The van der Waals surface area contributed by atoms with Crippen LogP contribution in [0.3, 0.4) is 0 Å². The van der Waals surface area contributed by atoms with Gasteiger partial charge in [0.25, 0.3) is 17.7 Å². The summed E-state index contributed by atoms with van der Waals surface area (Å²) in [5, 5.41) is 6.52. The zero-order valence-electron chi connectivity index (χ0n) is 17.2. The molecule has 2 aromatic rings. The summed E-state index contributed by atoms with van der Waals surface area (Å²) in [4.78, 5) is 54.1. The molecule has 0 unspecified atom stereocenters. The Morgan fingerprint density at radius 1 is 1.06 bits per heavy atom. The minimum Gasteiger partial charge on any atom is -0.361 e. The van der Waals surface area contributed by atoms with Crippen LogP contribution in [0.1, 0.15) is 37.0 Å². The molecular formula is C21H23N5O5. The number of hydrogen-bond acceptors (Lipinski definition) is 7. The molecular weight excluding hydrogens is 402 g/mol. The maximum Gasteiger partial charge on any atom is 0.276 e. The zero-order chi connectivity index (χ0) is 22.0. The Hall–Kier alpha value is -3.53. The molecule has 31 heavy (non-hydrogen) atoms. The Morgan fingerprint density at radius 2 is 1.71 bits per heavy atom. The first-order valence-corrected chi connectivity index (χ1v) is 10.1. The van der Waals surface area contributed by atoms with E-state index < -0.39 is 11.8 Å². The Labute approximate surface area is 178 Å². The van der Waals surface area contributed by atoms with Gasteiger partial charge in [-0.25, -0.2) is 0 Å². The molecule has 0 aliphatic carbocycles. The molecule has 0 spiro atoms. The number of rotatable bonds is 6. The molecule has 1 N–H and O–H groups in total. The summed E-state index contributed by atoms with van der Waals surface area (Å²) < 4.78 is 4.96. The Kier molecular flexibility index (Phi) is 5.81. The van der Waals surface area contributed by atoms with Crippen molar-refractivity contribution in [2.75, 3.05) is 45.8 Å². The molecule has 1 saturated heterocycles. The van der Waals surface area contributed by atoms with Crippen molar-refractivity contribution in [2.24, 2.45) is 0 Å². The fourth-order valence-corrected chi connectivity index (χ4v) is 3.74. The Morgan fingerprint density at radius 3 is 2.29 bits per heavy atom. The Balaban J connectivity index is 1.19. The van der Waals surface area contributed by atoms with Crippen LogP contribution in [0.15, 0.2) is 34.9 Å². The lowest BCUT2D eigenvalue weighted by Crippen LogP contribution is -2.50. The van der Waals surface area contributed by atoms with Crippen LogP contribution in [0.4, 0.5) is 0 Å². The lowest BCUT2D eigenvalue weighted by molar-refractivity contribution is -0.121. The quantitative estimate of drug-likeness (QED) is 0.655. The van der Waals surface area contributed by atoms with Crippen LogP contribution in [0.5, 0.6) is 0 Å². The lowest BCUT2D eigenvalue weighted by atomic mass is 10.1. The van der Waals surface area contributed by atoms with Crippen molar-refractivity contribution < 1.29 is 23.7 Å². The van der Waals surface area contributed by atoms with Gasteiger partial charge in [-0.15, -0.1) is 0 Å². The average Bonchev–Trinajstić information content (AvgIpc) is 3.31. The second kappa shape index (κ2) is 8.68. The molecule has 0 radical (unpaired) electrons. The van der Waals surface area contributed by atoms with Gasteiger partial charge in [-0.3, -0.25) is 29.0 Å². The van der Waals surface area contributed by atoms with E-state index in [1.807, 2.05) is 0 Å². The minimum absolute atomic E-state index is 0.147. The van der Waals surface area contributed by atoms with Crippen molar-refractivity contribution in [3.63, 3.8) is 0 Å². The van der Waals surface area contributed by atoms with E-state index in [1.54, 1.807) is 42.2 Å². The summed E-state index contributed by atoms with van der Waals surface area (Å²) in [6.45, 7) is 4.92. The molecule has 10 nitrogen and oxygen atoms in total. The zero-order valence-corrected chi connectivity index (χ0v) is 17.2. The Bertz CT molecular complexity index is 990. The van der Waals surface area contributed by atoms with Crippen molar-refractivity contribution in [1.29, 1.82) is 0 Å². The standard InChI is InChI=1S/C21H23N5O5/c1-14-12-17(23-31-14)21(30)25-10-8-24(9-11-25)7-6-22-18(27)13-26-19(28)15-4-2-3-5-16(15)20(26)29/h2-5,12H,6-11,13H2,1H3,(H,22,27). The number of imide groups is 1. The van der Waals surface area contributed by atoms with Crippen LogP contribution in [0.25, 0.3) is 0 Å². The second-order valence-electron chi connectivity index (χ2n) is 7.55. The molecule has 2 aliphatic heterocycles. The summed E-state index contributed by atoms with van der Waals surface area (Å²) in [5.74, 6) is -0.827. The maximum atomic E-state index is 12.4. The van der Waals surface area contributed by atoms with Gasteiger partial charge in [-0.2, -0.15) is 0 Å². The van der Waals surface area contributed by atoms with E-state index in [1.165, 1.54) is 0 Å². The molecule has 3 heterocycles. The molecule has 4 rings (SSSR count). The number of aryl methyl sites for hydroxylation is 1. The highest BCUT2D eigenvalue weighted by atomic mass is 16.5. The molecule has 0 atom stereocenters. The average molecular weight is 425 g/mol. The number of fused-ring (bicyclic) bond motifs is 1. The largest absolute Gasteiger partial charge is 0.361 e. The maximum absolute atomic E-state index is 12.4. The van der Waals surface area contributed by atoms with Gasteiger partial charge in [0.1, 0.15) is 12.3 Å². The third kappa shape index (κ3) is 4.33. The van der Waals surface area contributed by atoms with Crippen molar-refractivity contribution in [3.8, 4) is 0 Å². The van der Waals surface area contributed by atoms with Gasteiger partial charge in [-0.1, -0.05) is 17.3 Å². The predicted molar refractivity (Wildman–Crippen MR) is 108 cm³/mol. The molecule has 1 aromatic carbocycles. The van der Waals surface area contributed by atoms with Crippen LogP contribution in [0, 0.1) is 6.92 Å². The fraction of sp³-hybridized carbons (Fsp3) is 0.381. The van der Waals surface area contributed by atoms with E-state index in [4.69, 9.17) is 4.52 Å². The van der Waals surface area contributed by atoms with Crippen molar-refractivity contribution in [3.05, 3.63) is 52.9 Å². The molecule has 1 fully saturated rings. The van der Waals surface area contributed by atoms with Gasteiger partial charge in [-0.05, 0) is 19.1 Å². The van der Waals surface area contributed by atoms with Crippen molar-refractivity contribution >= 4 is 23.6 Å². The van der Waals surface area contributed by atoms with Gasteiger partial charge in [0.2, 0.25) is 5.91 Å². The highest BCUT2D eigenvalue weighted by molar-refractivity contribution is 6.22. The summed E-state index contributed by atoms with van der Waals surface area (Å²) >= 11 is 0. The third-order valence-corrected chi connectivity index (χ3v) is 5.44. The highest BCUT2D eigenvalue weighted by Gasteiger charge is 2.36. The molecule has 10 heteroatoms. The molecule has 1 aromatic heterocycles. The first-order valence-electron chi connectivity index (χ1n) is 10.1. The first-order chi connectivity index (χ1) is 14.9. The number of nitrogens with one attached hydrogen (secondary N) is 1. The molecule has 162 valence electrons. The summed E-state index contributed by atoms with van der Waals surface area (Å²) in [6.07, 6.45) is 0.